The fourth-order valence-corrected chi connectivity index (χ4v) is 12.0. The number of halogens is 22. The molecular weight excluding hydrogens is 842 g/mol. The molecule has 0 rings (SSSR count). The van der Waals surface area contributed by atoms with Crippen LogP contribution in [-0.4, -0.2) is 68.5 Å². The molecule has 0 aromatic heterocycles. The van der Waals surface area contributed by atoms with Crippen LogP contribution in [0.4, 0.5) is 87.8 Å². The van der Waals surface area contributed by atoms with Gasteiger partial charge in [0.25, 0.3) is 0 Å². The summed E-state index contributed by atoms with van der Waals surface area (Å²) in [7, 11) is 0. The number of alkyl halides is 22. The van der Waals surface area contributed by atoms with Gasteiger partial charge in [0.1, 0.15) is 0 Å². The minimum absolute atomic E-state index is 0.789. The van der Waals surface area contributed by atoms with Crippen LogP contribution in [0.1, 0.15) is 19.3 Å². The van der Waals surface area contributed by atoms with Gasteiger partial charge < -0.3 is 0 Å². The SMILES string of the molecule is OCC(CC(CC(F)(C(F)(F)F)C(F)(F)F)C(F)(F)F)I(I)CC(CC(F)(C(F)(F)F)C(F)(F)F)C(F)(F)F. The predicted octanol–water partition coefficient (Wildman–Crippen LogP) is 9.40. The van der Waals surface area contributed by atoms with Crippen molar-refractivity contribution in [3.05, 3.63) is 0 Å². The van der Waals surface area contributed by atoms with Crippen molar-refractivity contribution in [2.24, 2.45) is 11.8 Å². The second-order valence-corrected chi connectivity index (χ2v) is 19.6. The van der Waals surface area contributed by atoms with Gasteiger partial charge in [-0.15, -0.1) is 0 Å². The molecule has 0 saturated carbocycles. The molecule has 0 heterocycles. The Balaban J connectivity index is 6.33. The first-order valence-corrected chi connectivity index (χ1v) is 18.5. The van der Waals surface area contributed by atoms with E-state index in [-0.39, 0.29) is 0 Å². The van der Waals surface area contributed by atoms with Gasteiger partial charge in [-0.2, -0.15) is 0 Å². The molecule has 39 heavy (non-hydrogen) atoms. The molecule has 0 fully saturated rings. The average molecular weight is 856 g/mol. The zero-order valence-corrected chi connectivity index (χ0v) is 22.3. The molecule has 0 aliphatic carbocycles. The molecule has 0 amide bonds. The van der Waals surface area contributed by atoms with E-state index in [0.717, 1.165) is 18.6 Å². The molecule has 3 atom stereocenters. The van der Waals surface area contributed by atoms with Crippen molar-refractivity contribution in [1.82, 2.24) is 0 Å². The second-order valence-electron chi connectivity index (χ2n) is 7.99. The Bertz CT molecular complexity index is 748. The maximum atomic E-state index is 13.9. The van der Waals surface area contributed by atoms with Crippen LogP contribution in [0.25, 0.3) is 0 Å². The van der Waals surface area contributed by atoms with E-state index in [1.165, 1.54) is 0 Å². The molecule has 3 unspecified atom stereocenters. The first-order valence-electron chi connectivity index (χ1n) is 9.46. The van der Waals surface area contributed by atoms with Gasteiger partial charge in [-0.3, -0.25) is 0 Å². The van der Waals surface area contributed by atoms with Gasteiger partial charge in [0.15, 0.2) is 0 Å². The molecule has 1 nitrogen and oxygen atoms in total. The molecule has 0 radical (unpaired) electrons. The Labute approximate surface area is 221 Å². The molecule has 0 saturated heterocycles. The predicted molar refractivity (Wildman–Crippen MR) is 109 cm³/mol. The summed E-state index contributed by atoms with van der Waals surface area (Å²) in [6.45, 7) is -1.73. The Morgan fingerprint density at radius 1 is 0.513 bits per heavy atom. The first-order chi connectivity index (χ1) is 16.8. The van der Waals surface area contributed by atoms with E-state index in [9.17, 15) is 92.9 Å². The van der Waals surface area contributed by atoms with Crippen molar-refractivity contribution in [2.75, 3.05) is 11.0 Å². The molecule has 1 N–H and O–H groups in total. The van der Waals surface area contributed by atoms with Crippen LogP contribution in [0, 0.1) is 11.8 Å². The standard InChI is InChI=1S/C16H14F20I2O/c17-9(13(25,26)27,14(28,29)30)2-6(11(19,20)21)1-8(5-39)38(37)4-7(12(22,23)24)3-10(18,15(31,32)33)16(34,35)36/h6-8,39H,1-5H2. The van der Waals surface area contributed by atoms with Crippen LogP contribution < -0.4 is 0 Å². The van der Waals surface area contributed by atoms with Crippen molar-refractivity contribution in [3.8, 4) is 0 Å². The van der Waals surface area contributed by atoms with E-state index in [0.29, 0.717) is 0 Å². The van der Waals surface area contributed by atoms with Gasteiger partial charge >= 0.3 is 222 Å². The fourth-order valence-electron chi connectivity index (χ4n) is 2.91. The molecule has 23 heteroatoms. The molecule has 0 aromatic rings. The minimum atomic E-state index is -6.98. The summed E-state index contributed by atoms with van der Waals surface area (Å²) in [6.07, 6.45) is -48.9. The van der Waals surface area contributed by atoms with Crippen molar-refractivity contribution >= 4 is 34.5 Å². The van der Waals surface area contributed by atoms with Gasteiger partial charge in [0, 0.05) is 0 Å². The summed E-state index contributed by atoms with van der Waals surface area (Å²) < 4.78 is 256. The Morgan fingerprint density at radius 3 is 1.03 bits per heavy atom. The van der Waals surface area contributed by atoms with Gasteiger partial charge in [-0.1, -0.05) is 0 Å². The number of aliphatic hydroxyl groups excluding tert-OH is 1. The quantitative estimate of drug-likeness (QED) is 0.132. The second kappa shape index (κ2) is 12.3. The van der Waals surface area contributed by atoms with Gasteiger partial charge in [-0.05, 0) is 0 Å². The monoisotopic (exact) mass is 856 g/mol. The molecule has 0 spiro atoms. The molecule has 0 aliphatic rings. The number of hydrogen-bond acceptors (Lipinski definition) is 1. The summed E-state index contributed by atoms with van der Waals surface area (Å²) >= 11 is -3.47. The van der Waals surface area contributed by atoms with E-state index < -0.39 is 110 Å². The van der Waals surface area contributed by atoms with E-state index in [1.807, 2.05) is 0 Å². The molecule has 0 aromatic carbocycles. The van der Waals surface area contributed by atoms with Crippen LogP contribution in [0.15, 0.2) is 0 Å². The third kappa shape index (κ3) is 9.51. The van der Waals surface area contributed by atoms with Gasteiger partial charge in [-0.25, -0.2) is 0 Å². The van der Waals surface area contributed by atoms with E-state index in [1.54, 1.807) is 0 Å². The van der Waals surface area contributed by atoms with Crippen LogP contribution in [0.5, 0.6) is 0 Å². The number of hydrogen-bond donors (Lipinski definition) is 1. The molecular formula is C16H14F20I2O. The summed E-state index contributed by atoms with van der Waals surface area (Å²) in [4.78, 5) is 0. The normalized spacial score (nSPS) is 18.2. The van der Waals surface area contributed by atoms with Crippen LogP contribution in [-0.2, 0) is 0 Å². The fraction of sp³-hybridized carbons (Fsp3) is 1.00. The van der Waals surface area contributed by atoms with Crippen LogP contribution >= 0.6 is 34.5 Å². The summed E-state index contributed by atoms with van der Waals surface area (Å²) in [5.74, 6) is -7.80. The molecule has 0 bridgehead atoms. The van der Waals surface area contributed by atoms with E-state index in [2.05, 4.69) is 0 Å². The summed E-state index contributed by atoms with van der Waals surface area (Å²) in [5.41, 5.74) is -13.0. The van der Waals surface area contributed by atoms with E-state index in [4.69, 9.17) is 0 Å². The first kappa shape index (κ1) is 39.0. The Morgan fingerprint density at radius 2 is 0.795 bits per heavy atom. The third-order valence-corrected chi connectivity index (χ3v) is 16.6. The number of rotatable bonds is 10. The van der Waals surface area contributed by atoms with Gasteiger partial charge in [0.05, 0.1) is 0 Å². The van der Waals surface area contributed by atoms with Crippen LogP contribution in [0.2, 0.25) is 0 Å². The summed E-state index contributed by atoms with van der Waals surface area (Å²) in [5, 5.41) is 9.25. The third-order valence-electron chi connectivity index (χ3n) is 5.19. The molecule has 238 valence electrons. The molecule has 0 aliphatic heterocycles. The van der Waals surface area contributed by atoms with Gasteiger partial charge in [0.2, 0.25) is 0 Å². The van der Waals surface area contributed by atoms with Crippen molar-refractivity contribution in [1.29, 1.82) is 0 Å². The van der Waals surface area contributed by atoms with Crippen molar-refractivity contribution in [3.63, 3.8) is 0 Å². The maximum absolute atomic E-state index is 13.9. The Kier molecular flexibility index (Phi) is 12.3. The topological polar surface area (TPSA) is 20.2 Å². The summed E-state index contributed by atoms with van der Waals surface area (Å²) in [6, 6.07) is 0. The average Bonchev–Trinajstić information content (AvgIpc) is 2.64. The zero-order valence-electron chi connectivity index (χ0n) is 18.0. The zero-order chi connectivity index (χ0) is 31.8. The van der Waals surface area contributed by atoms with Crippen molar-refractivity contribution < 1.29 is 92.9 Å². The van der Waals surface area contributed by atoms with E-state index >= 15 is 0 Å². The number of aliphatic hydroxyl groups is 1. The Hall–Kier alpha value is 0.0200. The van der Waals surface area contributed by atoms with Crippen molar-refractivity contribution in [2.45, 2.75) is 71.6 Å². The van der Waals surface area contributed by atoms with Crippen LogP contribution in [0.3, 0.4) is 0 Å².